The number of hydrogen-bond donors (Lipinski definition) is 1. The zero-order valence-corrected chi connectivity index (χ0v) is 12.5. The van der Waals surface area contributed by atoms with Crippen LogP contribution in [0.3, 0.4) is 0 Å². The molecule has 3 heterocycles. The van der Waals surface area contributed by atoms with E-state index in [9.17, 15) is 9.90 Å². The number of carbonyl (C=O) groups is 1. The first kappa shape index (κ1) is 14.6. The molecule has 3 rings (SSSR count). The fourth-order valence-electron chi connectivity index (χ4n) is 2.76. The fourth-order valence-corrected chi connectivity index (χ4v) is 2.76. The van der Waals surface area contributed by atoms with Gasteiger partial charge in [0.15, 0.2) is 0 Å². The Morgan fingerprint density at radius 1 is 1.45 bits per heavy atom. The monoisotopic (exact) mass is 301 g/mol. The molecule has 116 valence electrons. The molecule has 1 unspecified atom stereocenters. The summed E-state index contributed by atoms with van der Waals surface area (Å²) in [5.74, 6) is -0.0858. The molecular weight excluding hydrogens is 282 g/mol. The third-order valence-corrected chi connectivity index (χ3v) is 4.00. The van der Waals surface area contributed by atoms with Crippen LogP contribution in [0.15, 0.2) is 30.9 Å². The van der Waals surface area contributed by atoms with Crippen molar-refractivity contribution in [3.63, 3.8) is 0 Å². The van der Waals surface area contributed by atoms with Crippen LogP contribution in [-0.4, -0.2) is 54.6 Å². The number of nitrogens with zero attached hydrogens (tertiary/aromatic N) is 5. The Hall–Kier alpha value is -2.28. The van der Waals surface area contributed by atoms with Crippen molar-refractivity contribution < 1.29 is 9.90 Å². The van der Waals surface area contributed by atoms with Gasteiger partial charge in [-0.15, -0.1) is 5.10 Å². The average molecular weight is 301 g/mol. The Morgan fingerprint density at radius 3 is 3.05 bits per heavy atom. The largest absolute Gasteiger partial charge is 0.386 e. The molecule has 2 aromatic rings. The number of carbonyl (C=O) groups excluding carboxylic acids is 1. The lowest BCUT2D eigenvalue weighted by Gasteiger charge is -2.23. The molecule has 1 N–H and O–H groups in total. The maximum absolute atomic E-state index is 12.5. The molecule has 2 aromatic heterocycles. The van der Waals surface area contributed by atoms with Gasteiger partial charge in [-0.3, -0.25) is 9.78 Å². The Kier molecular flexibility index (Phi) is 3.89. The van der Waals surface area contributed by atoms with Gasteiger partial charge in [-0.2, -0.15) is 0 Å². The second kappa shape index (κ2) is 5.84. The van der Waals surface area contributed by atoms with Crippen molar-refractivity contribution in [1.82, 2.24) is 24.9 Å². The summed E-state index contributed by atoms with van der Waals surface area (Å²) in [4.78, 5) is 18.3. The number of aromatic nitrogens is 4. The van der Waals surface area contributed by atoms with E-state index in [0.717, 1.165) is 12.0 Å². The molecule has 1 fully saturated rings. The van der Waals surface area contributed by atoms with E-state index in [4.69, 9.17) is 0 Å². The number of hydrogen-bond acceptors (Lipinski definition) is 5. The van der Waals surface area contributed by atoms with Gasteiger partial charge in [0.1, 0.15) is 5.60 Å². The lowest BCUT2D eigenvalue weighted by atomic mass is 10.0. The molecule has 1 atom stereocenters. The van der Waals surface area contributed by atoms with E-state index in [1.54, 1.807) is 34.4 Å². The summed E-state index contributed by atoms with van der Waals surface area (Å²) in [7, 11) is 0. The second-order valence-corrected chi connectivity index (χ2v) is 5.74. The number of pyridine rings is 1. The lowest BCUT2D eigenvalue weighted by Crippen LogP contribution is -2.39. The molecule has 1 amide bonds. The Bertz CT molecular complexity index is 658. The molecule has 0 aliphatic carbocycles. The third kappa shape index (κ3) is 2.99. The van der Waals surface area contributed by atoms with Gasteiger partial charge in [0, 0.05) is 25.1 Å². The van der Waals surface area contributed by atoms with Gasteiger partial charge in [-0.25, -0.2) is 4.68 Å². The molecule has 0 radical (unpaired) electrons. The van der Waals surface area contributed by atoms with Crippen LogP contribution in [0.25, 0.3) is 0 Å². The van der Waals surface area contributed by atoms with Crippen molar-refractivity contribution >= 4 is 5.91 Å². The van der Waals surface area contributed by atoms with E-state index >= 15 is 0 Å². The first-order chi connectivity index (χ1) is 10.6. The Balaban J connectivity index is 1.70. The highest BCUT2D eigenvalue weighted by atomic mass is 16.3. The zero-order valence-electron chi connectivity index (χ0n) is 12.5. The first-order valence-electron chi connectivity index (χ1n) is 7.39. The standard InChI is InChI=1S/C15H19N5O2/c1-2-12-7-13(9-16-8-12)14(21)19-5-3-15(22,10-19)11-20-6-4-17-18-20/h4,6-9,22H,2-3,5,10-11H2,1H3. The maximum atomic E-state index is 12.5. The fraction of sp³-hybridized carbons (Fsp3) is 0.467. The van der Waals surface area contributed by atoms with E-state index < -0.39 is 5.60 Å². The van der Waals surface area contributed by atoms with Crippen LogP contribution in [0.1, 0.15) is 29.3 Å². The summed E-state index contributed by atoms with van der Waals surface area (Å²) in [5.41, 5.74) is 0.645. The maximum Gasteiger partial charge on any atom is 0.255 e. The minimum Gasteiger partial charge on any atom is -0.386 e. The van der Waals surface area contributed by atoms with Crippen molar-refractivity contribution in [2.24, 2.45) is 0 Å². The van der Waals surface area contributed by atoms with Crippen molar-refractivity contribution in [2.45, 2.75) is 31.9 Å². The minimum atomic E-state index is -0.959. The lowest BCUT2D eigenvalue weighted by molar-refractivity contribution is 0.0266. The number of aliphatic hydroxyl groups is 1. The normalized spacial score (nSPS) is 21.3. The van der Waals surface area contributed by atoms with Gasteiger partial charge >= 0.3 is 0 Å². The van der Waals surface area contributed by atoms with Crippen molar-refractivity contribution in [3.8, 4) is 0 Å². The quantitative estimate of drug-likeness (QED) is 0.889. The Labute approximate surface area is 128 Å². The molecule has 0 aromatic carbocycles. The number of amides is 1. The van der Waals surface area contributed by atoms with Crippen LogP contribution in [-0.2, 0) is 13.0 Å². The van der Waals surface area contributed by atoms with Crippen molar-refractivity contribution in [1.29, 1.82) is 0 Å². The van der Waals surface area contributed by atoms with Gasteiger partial charge in [-0.05, 0) is 24.5 Å². The molecule has 0 bridgehead atoms. The highest BCUT2D eigenvalue weighted by Crippen LogP contribution is 2.24. The second-order valence-electron chi connectivity index (χ2n) is 5.74. The van der Waals surface area contributed by atoms with Gasteiger partial charge in [0.25, 0.3) is 5.91 Å². The summed E-state index contributed by atoms with van der Waals surface area (Å²) < 4.78 is 1.59. The molecular formula is C15H19N5O2. The molecule has 1 saturated heterocycles. The number of aryl methyl sites for hydroxylation is 1. The van der Waals surface area contributed by atoms with Gasteiger partial charge in [0.05, 0.1) is 24.8 Å². The van der Waals surface area contributed by atoms with Crippen molar-refractivity contribution in [2.75, 3.05) is 13.1 Å². The molecule has 7 heteroatoms. The summed E-state index contributed by atoms with van der Waals surface area (Å²) in [6.45, 7) is 3.18. The highest BCUT2D eigenvalue weighted by molar-refractivity contribution is 5.94. The number of likely N-dealkylation sites (tertiary alicyclic amines) is 1. The summed E-state index contributed by atoms with van der Waals surface area (Å²) in [6, 6.07) is 1.87. The molecule has 1 aliphatic heterocycles. The van der Waals surface area contributed by atoms with Crippen molar-refractivity contribution in [3.05, 3.63) is 42.0 Å². The minimum absolute atomic E-state index is 0.0858. The Morgan fingerprint density at radius 2 is 2.32 bits per heavy atom. The van der Waals surface area contributed by atoms with Crippen LogP contribution in [0, 0.1) is 0 Å². The molecule has 7 nitrogen and oxygen atoms in total. The van der Waals surface area contributed by atoms with Gasteiger partial charge < -0.3 is 10.0 Å². The SMILES string of the molecule is CCc1cncc(C(=O)N2CCC(O)(Cn3ccnn3)C2)c1. The topological polar surface area (TPSA) is 84.1 Å². The summed E-state index contributed by atoms with van der Waals surface area (Å²) >= 11 is 0. The average Bonchev–Trinajstić information content (AvgIpc) is 3.17. The predicted octanol–water partition coefficient (Wildman–Crippen LogP) is 0.513. The van der Waals surface area contributed by atoms with E-state index in [1.165, 1.54) is 0 Å². The summed E-state index contributed by atoms with van der Waals surface area (Å²) in [5, 5.41) is 18.2. The van der Waals surface area contributed by atoms with Crippen LogP contribution >= 0.6 is 0 Å². The van der Waals surface area contributed by atoms with Gasteiger partial charge in [0.2, 0.25) is 0 Å². The smallest absolute Gasteiger partial charge is 0.255 e. The zero-order chi connectivity index (χ0) is 15.6. The van der Waals surface area contributed by atoms with E-state index in [-0.39, 0.29) is 5.91 Å². The molecule has 1 aliphatic rings. The van der Waals surface area contributed by atoms with Gasteiger partial charge in [-0.1, -0.05) is 12.1 Å². The van der Waals surface area contributed by atoms with Crippen LogP contribution < -0.4 is 0 Å². The van der Waals surface area contributed by atoms with E-state index in [0.29, 0.717) is 31.6 Å². The first-order valence-corrected chi connectivity index (χ1v) is 7.39. The molecule has 0 saturated carbocycles. The summed E-state index contributed by atoms with van der Waals surface area (Å²) in [6.07, 6.45) is 7.99. The van der Waals surface area contributed by atoms with E-state index in [1.807, 2.05) is 13.0 Å². The molecule has 0 spiro atoms. The van der Waals surface area contributed by atoms with E-state index in [2.05, 4.69) is 15.3 Å². The number of rotatable bonds is 4. The number of β-amino-alcohol motifs (C(OH)–C–C–N with tert-alkyl or cyclic N) is 1. The van der Waals surface area contributed by atoms with Crippen LogP contribution in [0.4, 0.5) is 0 Å². The third-order valence-electron chi connectivity index (χ3n) is 4.00. The highest BCUT2D eigenvalue weighted by Gasteiger charge is 2.39. The predicted molar refractivity (Wildman–Crippen MR) is 79.1 cm³/mol. The van der Waals surface area contributed by atoms with Crippen LogP contribution in [0.5, 0.6) is 0 Å². The molecule has 22 heavy (non-hydrogen) atoms. The van der Waals surface area contributed by atoms with Crippen LogP contribution in [0.2, 0.25) is 0 Å².